The van der Waals surface area contributed by atoms with E-state index in [-0.39, 0.29) is 5.56 Å². The number of hydrogen-bond acceptors (Lipinski definition) is 4. The minimum absolute atomic E-state index is 0.0537. The zero-order valence-electron chi connectivity index (χ0n) is 11.5. The third-order valence-electron chi connectivity index (χ3n) is 3.15. The van der Waals surface area contributed by atoms with Crippen LogP contribution < -0.4 is 5.56 Å². The molecule has 0 saturated carbocycles. The molecule has 3 aromatic rings. The fourth-order valence-electron chi connectivity index (χ4n) is 2.21. The lowest BCUT2D eigenvalue weighted by atomic mass is 10.2. The molecule has 0 aliphatic carbocycles. The Morgan fingerprint density at radius 1 is 1.24 bits per heavy atom. The molecule has 0 saturated heterocycles. The maximum Gasteiger partial charge on any atom is 0.268 e. The van der Waals surface area contributed by atoms with Crippen LogP contribution in [0.1, 0.15) is 11.4 Å². The first kappa shape index (κ1) is 14.4. The van der Waals surface area contributed by atoms with Crippen molar-refractivity contribution in [2.24, 2.45) is 0 Å². The summed E-state index contributed by atoms with van der Waals surface area (Å²) >= 11 is 4.85. The SMILES string of the molecule is CN(Cc1ccc(Br)cc1)Cc1nc2ccsc2c(=O)[nH]1. The predicted molar refractivity (Wildman–Crippen MR) is 89.6 cm³/mol. The van der Waals surface area contributed by atoms with E-state index in [4.69, 9.17) is 0 Å². The number of H-pyrrole nitrogens is 1. The molecule has 0 aliphatic rings. The number of nitrogens with one attached hydrogen (secondary N) is 1. The van der Waals surface area contributed by atoms with Crippen LogP contribution in [-0.2, 0) is 13.1 Å². The average molecular weight is 364 g/mol. The number of benzene rings is 1. The molecular weight excluding hydrogens is 350 g/mol. The summed E-state index contributed by atoms with van der Waals surface area (Å²) in [6, 6.07) is 10.1. The van der Waals surface area contributed by atoms with Gasteiger partial charge in [0, 0.05) is 11.0 Å². The van der Waals surface area contributed by atoms with Gasteiger partial charge in [0.15, 0.2) is 0 Å². The van der Waals surface area contributed by atoms with Crippen LogP contribution in [0.2, 0.25) is 0 Å². The van der Waals surface area contributed by atoms with Crippen molar-refractivity contribution >= 4 is 37.5 Å². The van der Waals surface area contributed by atoms with Crippen LogP contribution >= 0.6 is 27.3 Å². The van der Waals surface area contributed by atoms with E-state index in [0.717, 1.165) is 16.5 Å². The van der Waals surface area contributed by atoms with Gasteiger partial charge >= 0.3 is 0 Å². The third-order valence-corrected chi connectivity index (χ3v) is 4.58. The van der Waals surface area contributed by atoms with Crippen LogP contribution in [0.3, 0.4) is 0 Å². The van der Waals surface area contributed by atoms with Crippen molar-refractivity contribution in [2.45, 2.75) is 13.1 Å². The van der Waals surface area contributed by atoms with Gasteiger partial charge in [-0.2, -0.15) is 0 Å². The van der Waals surface area contributed by atoms with Crippen LogP contribution in [0.5, 0.6) is 0 Å². The molecule has 0 fully saturated rings. The van der Waals surface area contributed by atoms with Gasteiger partial charge in [-0.3, -0.25) is 9.69 Å². The second kappa shape index (κ2) is 6.09. The molecule has 0 amide bonds. The highest BCUT2D eigenvalue weighted by molar-refractivity contribution is 9.10. The molecule has 2 aromatic heterocycles. The maximum atomic E-state index is 11.9. The first-order valence-corrected chi connectivity index (χ1v) is 8.18. The summed E-state index contributed by atoms with van der Waals surface area (Å²) in [5.41, 5.74) is 1.94. The Labute approximate surface area is 134 Å². The third kappa shape index (κ3) is 3.40. The largest absolute Gasteiger partial charge is 0.308 e. The van der Waals surface area contributed by atoms with E-state index in [0.29, 0.717) is 17.1 Å². The summed E-state index contributed by atoms with van der Waals surface area (Å²) in [6.07, 6.45) is 0. The van der Waals surface area contributed by atoms with Crippen molar-refractivity contribution in [3.63, 3.8) is 0 Å². The van der Waals surface area contributed by atoms with Crippen molar-refractivity contribution in [3.8, 4) is 0 Å². The fraction of sp³-hybridized carbons (Fsp3) is 0.200. The molecule has 0 spiro atoms. The van der Waals surface area contributed by atoms with Crippen LogP contribution in [0.15, 0.2) is 45.0 Å². The van der Waals surface area contributed by atoms with E-state index in [1.54, 1.807) is 0 Å². The predicted octanol–water partition coefficient (Wildman–Crippen LogP) is 3.38. The number of rotatable bonds is 4. The molecular formula is C15H14BrN3OS. The smallest absolute Gasteiger partial charge is 0.268 e. The summed E-state index contributed by atoms with van der Waals surface area (Å²) < 4.78 is 1.76. The standard InChI is InChI=1S/C15H14BrN3OS/c1-19(8-10-2-4-11(16)5-3-10)9-13-17-12-6-7-21-14(12)15(20)18-13/h2-7H,8-9H2,1H3,(H,17,18,20). The second-order valence-electron chi connectivity index (χ2n) is 4.95. The molecule has 108 valence electrons. The quantitative estimate of drug-likeness (QED) is 0.772. The van der Waals surface area contributed by atoms with E-state index in [2.05, 4.69) is 42.9 Å². The van der Waals surface area contributed by atoms with Gasteiger partial charge < -0.3 is 4.98 Å². The number of aromatic nitrogens is 2. The number of aromatic amines is 1. The van der Waals surface area contributed by atoms with Gasteiger partial charge in [-0.1, -0.05) is 28.1 Å². The fourth-order valence-corrected chi connectivity index (χ4v) is 3.20. The second-order valence-corrected chi connectivity index (χ2v) is 6.78. The van der Waals surface area contributed by atoms with Crippen molar-refractivity contribution in [1.82, 2.24) is 14.9 Å². The van der Waals surface area contributed by atoms with Crippen LogP contribution in [0.25, 0.3) is 10.2 Å². The molecule has 0 aliphatic heterocycles. The molecule has 4 nitrogen and oxygen atoms in total. The maximum absolute atomic E-state index is 11.9. The first-order chi connectivity index (χ1) is 10.1. The van der Waals surface area contributed by atoms with Gasteiger partial charge in [-0.15, -0.1) is 11.3 Å². The van der Waals surface area contributed by atoms with Crippen molar-refractivity contribution < 1.29 is 0 Å². The minimum Gasteiger partial charge on any atom is -0.308 e. The normalized spacial score (nSPS) is 11.4. The number of halogens is 1. The molecule has 2 heterocycles. The lowest BCUT2D eigenvalue weighted by Crippen LogP contribution is -2.21. The Kier molecular flexibility index (Phi) is 4.19. The average Bonchev–Trinajstić information content (AvgIpc) is 2.90. The monoisotopic (exact) mass is 363 g/mol. The minimum atomic E-state index is -0.0537. The summed E-state index contributed by atoms with van der Waals surface area (Å²) in [5, 5.41) is 1.89. The van der Waals surface area contributed by atoms with Crippen molar-refractivity contribution in [3.05, 3.63) is 61.9 Å². The van der Waals surface area contributed by atoms with Gasteiger partial charge in [-0.25, -0.2) is 4.98 Å². The Hall–Kier alpha value is -1.50. The van der Waals surface area contributed by atoms with Crippen LogP contribution in [0.4, 0.5) is 0 Å². The summed E-state index contributed by atoms with van der Waals surface area (Å²) in [7, 11) is 2.01. The molecule has 3 rings (SSSR count). The van der Waals surface area contributed by atoms with E-state index in [9.17, 15) is 4.79 Å². The molecule has 1 aromatic carbocycles. The van der Waals surface area contributed by atoms with Gasteiger partial charge in [0.05, 0.1) is 12.1 Å². The van der Waals surface area contributed by atoms with E-state index in [1.807, 2.05) is 30.6 Å². The molecule has 1 N–H and O–H groups in total. The lowest BCUT2D eigenvalue weighted by Gasteiger charge is -2.16. The topological polar surface area (TPSA) is 49.0 Å². The lowest BCUT2D eigenvalue weighted by molar-refractivity contribution is 0.311. The number of hydrogen-bond donors (Lipinski definition) is 1. The Morgan fingerprint density at radius 2 is 2.00 bits per heavy atom. The number of thiophene rings is 1. The van der Waals surface area contributed by atoms with Gasteiger partial charge in [-0.05, 0) is 36.2 Å². The summed E-state index contributed by atoms with van der Waals surface area (Å²) in [6.45, 7) is 1.41. The molecule has 0 unspecified atom stereocenters. The number of nitrogens with zero attached hydrogens (tertiary/aromatic N) is 2. The highest BCUT2D eigenvalue weighted by Crippen LogP contribution is 2.15. The molecule has 0 radical (unpaired) electrons. The van der Waals surface area contributed by atoms with Crippen molar-refractivity contribution in [1.29, 1.82) is 0 Å². The van der Waals surface area contributed by atoms with E-state index >= 15 is 0 Å². The Balaban J connectivity index is 1.75. The highest BCUT2D eigenvalue weighted by Gasteiger charge is 2.08. The van der Waals surface area contributed by atoms with E-state index in [1.165, 1.54) is 16.9 Å². The zero-order chi connectivity index (χ0) is 14.8. The van der Waals surface area contributed by atoms with Crippen molar-refractivity contribution in [2.75, 3.05) is 7.05 Å². The first-order valence-electron chi connectivity index (χ1n) is 6.51. The highest BCUT2D eigenvalue weighted by atomic mass is 79.9. The van der Waals surface area contributed by atoms with Crippen LogP contribution in [0, 0.1) is 0 Å². The molecule has 6 heteroatoms. The Bertz CT molecular complexity index is 810. The summed E-state index contributed by atoms with van der Waals surface area (Å²) in [5.74, 6) is 0.700. The van der Waals surface area contributed by atoms with Gasteiger partial charge in [0.25, 0.3) is 5.56 Å². The van der Waals surface area contributed by atoms with Gasteiger partial charge in [0.1, 0.15) is 10.5 Å². The van der Waals surface area contributed by atoms with E-state index < -0.39 is 0 Å². The molecule has 0 atom stereocenters. The number of fused-ring (bicyclic) bond motifs is 1. The molecule has 0 bridgehead atoms. The summed E-state index contributed by atoms with van der Waals surface area (Å²) in [4.78, 5) is 21.4. The zero-order valence-corrected chi connectivity index (χ0v) is 13.9. The van der Waals surface area contributed by atoms with Crippen LogP contribution in [-0.4, -0.2) is 21.9 Å². The Morgan fingerprint density at radius 3 is 2.76 bits per heavy atom. The molecule has 21 heavy (non-hydrogen) atoms. The van der Waals surface area contributed by atoms with Gasteiger partial charge in [0.2, 0.25) is 0 Å².